The third kappa shape index (κ3) is 3.06. The van der Waals surface area contributed by atoms with E-state index in [9.17, 15) is 0 Å². The lowest BCUT2D eigenvalue weighted by Crippen LogP contribution is -2.18. The second-order valence-electron chi connectivity index (χ2n) is 3.45. The molecule has 1 nitrogen and oxygen atoms in total. The summed E-state index contributed by atoms with van der Waals surface area (Å²) in [6, 6.07) is 0. The summed E-state index contributed by atoms with van der Waals surface area (Å²) in [5, 5.41) is 0. The minimum atomic E-state index is 1.24. The zero-order chi connectivity index (χ0) is 8.10. The standard InChI is InChI=1S/C10H19N/c1-3-5-10-6-4-8-11(2)9-7-10/h6H,3-5,7-9H2,1-2H3. The fraction of sp³-hybridized carbons (Fsp3) is 0.800. The summed E-state index contributed by atoms with van der Waals surface area (Å²) >= 11 is 0. The van der Waals surface area contributed by atoms with Crippen molar-refractivity contribution in [1.82, 2.24) is 4.90 Å². The molecule has 1 heterocycles. The lowest BCUT2D eigenvalue weighted by Gasteiger charge is -2.11. The molecule has 64 valence electrons. The Kier molecular flexibility index (Phi) is 3.64. The van der Waals surface area contributed by atoms with E-state index in [2.05, 4.69) is 24.9 Å². The third-order valence-electron chi connectivity index (χ3n) is 2.33. The molecule has 0 bridgehead atoms. The van der Waals surface area contributed by atoms with Gasteiger partial charge in [-0.1, -0.05) is 25.0 Å². The zero-order valence-electron chi connectivity index (χ0n) is 7.77. The number of hydrogen-bond acceptors (Lipinski definition) is 1. The van der Waals surface area contributed by atoms with E-state index in [1.807, 2.05) is 0 Å². The highest BCUT2D eigenvalue weighted by Crippen LogP contribution is 2.14. The van der Waals surface area contributed by atoms with Gasteiger partial charge in [-0.3, -0.25) is 0 Å². The van der Waals surface area contributed by atoms with Gasteiger partial charge in [0.25, 0.3) is 0 Å². The second kappa shape index (κ2) is 4.55. The molecule has 0 saturated heterocycles. The van der Waals surface area contributed by atoms with E-state index in [0.29, 0.717) is 0 Å². The van der Waals surface area contributed by atoms with Crippen LogP contribution in [0.1, 0.15) is 32.6 Å². The van der Waals surface area contributed by atoms with E-state index < -0.39 is 0 Å². The van der Waals surface area contributed by atoms with Gasteiger partial charge in [-0.15, -0.1) is 0 Å². The minimum Gasteiger partial charge on any atom is -0.306 e. The van der Waals surface area contributed by atoms with E-state index in [0.717, 1.165) is 0 Å². The van der Waals surface area contributed by atoms with E-state index >= 15 is 0 Å². The zero-order valence-corrected chi connectivity index (χ0v) is 7.77. The summed E-state index contributed by atoms with van der Waals surface area (Å²) in [6.45, 7) is 4.76. The van der Waals surface area contributed by atoms with Crippen molar-refractivity contribution in [2.45, 2.75) is 32.6 Å². The average molecular weight is 153 g/mol. The van der Waals surface area contributed by atoms with Crippen molar-refractivity contribution < 1.29 is 0 Å². The first-order valence-corrected chi connectivity index (χ1v) is 4.69. The first-order chi connectivity index (χ1) is 5.33. The van der Waals surface area contributed by atoms with Gasteiger partial charge in [0.2, 0.25) is 0 Å². The molecule has 0 aromatic heterocycles. The van der Waals surface area contributed by atoms with Crippen molar-refractivity contribution in [3.05, 3.63) is 11.6 Å². The number of nitrogens with zero attached hydrogens (tertiary/aromatic N) is 1. The molecule has 0 aromatic rings. The fourth-order valence-electron chi connectivity index (χ4n) is 1.59. The predicted octanol–water partition coefficient (Wildman–Crippen LogP) is 2.44. The topological polar surface area (TPSA) is 3.24 Å². The molecule has 0 N–H and O–H groups in total. The molecule has 0 saturated carbocycles. The quantitative estimate of drug-likeness (QED) is 0.551. The van der Waals surface area contributed by atoms with Crippen LogP contribution in [0.3, 0.4) is 0 Å². The van der Waals surface area contributed by atoms with Crippen molar-refractivity contribution in [3.8, 4) is 0 Å². The normalized spacial score (nSPS) is 21.1. The fourth-order valence-corrected chi connectivity index (χ4v) is 1.59. The Morgan fingerprint density at radius 2 is 2.27 bits per heavy atom. The highest BCUT2D eigenvalue weighted by molar-refractivity contribution is 5.04. The van der Waals surface area contributed by atoms with Crippen LogP contribution in [0, 0.1) is 0 Å². The van der Waals surface area contributed by atoms with Gasteiger partial charge in [0, 0.05) is 13.1 Å². The molecule has 1 aliphatic rings. The van der Waals surface area contributed by atoms with Crippen molar-refractivity contribution in [3.63, 3.8) is 0 Å². The lowest BCUT2D eigenvalue weighted by atomic mass is 10.1. The molecule has 0 spiro atoms. The third-order valence-corrected chi connectivity index (χ3v) is 2.33. The SMILES string of the molecule is CCCC1=CCCN(C)CC1. The molecule has 1 aliphatic heterocycles. The molecule has 11 heavy (non-hydrogen) atoms. The first-order valence-electron chi connectivity index (χ1n) is 4.69. The molecule has 0 aliphatic carbocycles. The van der Waals surface area contributed by atoms with Crippen LogP contribution in [0.25, 0.3) is 0 Å². The van der Waals surface area contributed by atoms with Crippen LogP contribution >= 0.6 is 0 Å². The number of hydrogen-bond donors (Lipinski definition) is 0. The Labute approximate surface area is 70.1 Å². The molecular formula is C10H19N. The van der Waals surface area contributed by atoms with Gasteiger partial charge >= 0.3 is 0 Å². The summed E-state index contributed by atoms with van der Waals surface area (Å²) in [6.07, 6.45) is 7.60. The van der Waals surface area contributed by atoms with Crippen molar-refractivity contribution in [1.29, 1.82) is 0 Å². The van der Waals surface area contributed by atoms with E-state index in [-0.39, 0.29) is 0 Å². The predicted molar refractivity (Wildman–Crippen MR) is 49.7 cm³/mol. The van der Waals surface area contributed by atoms with Crippen LogP contribution < -0.4 is 0 Å². The molecule has 1 rings (SSSR count). The molecule has 0 radical (unpaired) electrons. The lowest BCUT2D eigenvalue weighted by molar-refractivity contribution is 0.352. The maximum absolute atomic E-state index is 2.44. The molecule has 0 amide bonds. The molecule has 0 atom stereocenters. The summed E-state index contributed by atoms with van der Waals surface area (Å²) in [4.78, 5) is 2.42. The Morgan fingerprint density at radius 3 is 3.00 bits per heavy atom. The Balaban J connectivity index is 2.35. The maximum atomic E-state index is 2.44. The van der Waals surface area contributed by atoms with Gasteiger partial charge in [-0.05, 0) is 26.3 Å². The van der Waals surface area contributed by atoms with E-state index in [1.165, 1.54) is 38.8 Å². The van der Waals surface area contributed by atoms with Gasteiger partial charge in [0.05, 0.1) is 0 Å². The Morgan fingerprint density at radius 1 is 1.45 bits per heavy atom. The Bertz CT molecular complexity index is 138. The van der Waals surface area contributed by atoms with Gasteiger partial charge in [0.15, 0.2) is 0 Å². The molecule has 0 fully saturated rings. The van der Waals surface area contributed by atoms with Crippen molar-refractivity contribution in [2.75, 3.05) is 20.1 Å². The van der Waals surface area contributed by atoms with Crippen LogP contribution in [0.15, 0.2) is 11.6 Å². The van der Waals surface area contributed by atoms with Gasteiger partial charge in [0.1, 0.15) is 0 Å². The minimum absolute atomic E-state index is 1.24. The highest BCUT2D eigenvalue weighted by Gasteiger charge is 2.04. The smallest absolute Gasteiger partial charge is 0.00156 e. The monoisotopic (exact) mass is 153 g/mol. The summed E-state index contributed by atoms with van der Waals surface area (Å²) in [5.74, 6) is 0. The van der Waals surface area contributed by atoms with Gasteiger partial charge in [-0.2, -0.15) is 0 Å². The average Bonchev–Trinajstić information content (AvgIpc) is 2.17. The van der Waals surface area contributed by atoms with Crippen molar-refractivity contribution >= 4 is 0 Å². The largest absolute Gasteiger partial charge is 0.306 e. The van der Waals surface area contributed by atoms with Gasteiger partial charge < -0.3 is 4.90 Å². The molecular weight excluding hydrogens is 134 g/mol. The van der Waals surface area contributed by atoms with Crippen LogP contribution in [-0.4, -0.2) is 25.0 Å². The van der Waals surface area contributed by atoms with Crippen molar-refractivity contribution in [2.24, 2.45) is 0 Å². The maximum Gasteiger partial charge on any atom is 0.00156 e. The van der Waals surface area contributed by atoms with Crippen LogP contribution in [-0.2, 0) is 0 Å². The van der Waals surface area contributed by atoms with Crippen LogP contribution in [0.4, 0.5) is 0 Å². The highest BCUT2D eigenvalue weighted by atomic mass is 15.1. The van der Waals surface area contributed by atoms with E-state index in [1.54, 1.807) is 5.57 Å². The van der Waals surface area contributed by atoms with Crippen LogP contribution in [0.2, 0.25) is 0 Å². The first kappa shape index (κ1) is 8.79. The van der Waals surface area contributed by atoms with Crippen LogP contribution in [0.5, 0.6) is 0 Å². The summed E-state index contributed by atoms with van der Waals surface area (Å²) in [5.41, 5.74) is 1.68. The van der Waals surface area contributed by atoms with E-state index in [4.69, 9.17) is 0 Å². The molecule has 0 unspecified atom stereocenters. The van der Waals surface area contributed by atoms with Gasteiger partial charge in [-0.25, -0.2) is 0 Å². The molecule has 1 heteroatoms. The summed E-state index contributed by atoms with van der Waals surface area (Å²) < 4.78 is 0. The summed E-state index contributed by atoms with van der Waals surface area (Å²) in [7, 11) is 2.21. The Hall–Kier alpha value is -0.300. The molecule has 0 aromatic carbocycles. The number of rotatable bonds is 2. The second-order valence-corrected chi connectivity index (χ2v) is 3.45.